The van der Waals surface area contributed by atoms with E-state index in [9.17, 15) is 33.6 Å². The lowest BCUT2D eigenvalue weighted by atomic mass is 10.1. The summed E-state index contributed by atoms with van der Waals surface area (Å²) in [6.07, 6.45) is 1.23. The number of aliphatic carboxylic acids is 2. The number of carboxylic acid groups (broad SMARTS) is 2. The Morgan fingerprint density at radius 1 is 0.727 bits per heavy atom. The third-order valence-corrected chi connectivity index (χ3v) is 6.13. The summed E-state index contributed by atoms with van der Waals surface area (Å²) < 4.78 is 0. The van der Waals surface area contributed by atoms with Gasteiger partial charge in [0.25, 0.3) is 0 Å². The molecule has 0 radical (unpaired) electrons. The lowest BCUT2D eigenvalue weighted by Crippen LogP contribution is -2.56. The number of carbonyl (C=O) groups excluding carboxylic acids is 5. The highest BCUT2D eigenvalue weighted by Crippen LogP contribution is 2.03. The summed E-state index contributed by atoms with van der Waals surface area (Å²) in [4.78, 5) is 84.9. The molecule has 0 heterocycles. The first-order valence-corrected chi connectivity index (χ1v) is 14.0. The Hall–Kier alpha value is -4.52. The standard InChI is InChI=1S/C25H46N10O9/c1-13(20(39)34-17(8-9-19(37)38)23(42)33-14(2)24(43)44)32-18(36)12-31-22(41)16(7-5-11-30-25(28)29)35-21(40)15(27)6-3-4-10-26/h13-17H,3-12,26-27H2,1-2H3,(H,31,41)(H,32,36)(H,33,42)(H,34,39)(H,35,40)(H,37,38)(H,43,44)(H4,28,29,30). The van der Waals surface area contributed by atoms with Gasteiger partial charge in [-0.15, -0.1) is 0 Å². The van der Waals surface area contributed by atoms with E-state index in [0.717, 1.165) is 0 Å². The molecular weight excluding hydrogens is 584 g/mol. The smallest absolute Gasteiger partial charge is 0.325 e. The molecule has 19 heteroatoms. The van der Waals surface area contributed by atoms with E-state index in [1.807, 2.05) is 0 Å². The van der Waals surface area contributed by atoms with Crippen molar-refractivity contribution in [3.05, 3.63) is 0 Å². The van der Waals surface area contributed by atoms with Crippen LogP contribution in [0.2, 0.25) is 0 Å². The molecule has 5 unspecified atom stereocenters. The number of amides is 5. The predicted octanol–water partition coefficient (Wildman–Crippen LogP) is -4.25. The van der Waals surface area contributed by atoms with E-state index in [1.54, 1.807) is 0 Å². The van der Waals surface area contributed by atoms with Gasteiger partial charge >= 0.3 is 11.9 Å². The Morgan fingerprint density at radius 2 is 1.34 bits per heavy atom. The quantitative estimate of drug-likeness (QED) is 0.0307. The van der Waals surface area contributed by atoms with Crippen LogP contribution in [0.15, 0.2) is 0 Å². The molecule has 250 valence electrons. The molecule has 15 N–H and O–H groups in total. The molecule has 0 aromatic carbocycles. The SMILES string of the molecule is CC(NC(=O)C(CCC(=O)O)NC(=O)C(C)NC(=O)CNC(=O)C(CCCNC(=N)N)NC(=O)C(N)CCCCN)C(=O)O. The number of unbranched alkanes of at least 4 members (excludes halogenated alkanes) is 1. The van der Waals surface area contributed by atoms with Crippen molar-refractivity contribution in [2.75, 3.05) is 19.6 Å². The molecular formula is C25H46N10O9. The molecule has 0 spiro atoms. The van der Waals surface area contributed by atoms with Crippen LogP contribution in [-0.2, 0) is 33.6 Å². The normalized spacial score (nSPS) is 14.0. The van der Waals surface area contributed by atoms with Gasteiger partial charge in [-0.1, -0.05) is 6.42 Å². The topological polar surface area (TPSA) is 334 Å². The molecule has 44 heavy (non-hydrogen) atoms. The first kappa shape index (κ1) is 39.5. The van der Waals surface area contributed by atoms with Crippen LogP contribution in [-0.4, -0.2) is 107 Å². The molecule has 0 aromatic rings. The maximum Gasteiger partial charge on any atom is 0.325 e. The zero-order chi connectivity index (χ0) is 33.8. The van der Waals surface area contributed by atoms with Crippen LogP contribution in [0.4, 0.5) is 0 Å². The van der Waals surface area contributed by atoms with Gasteiger partial charge in [-0.3, -0.25) is 39.0 Å². The van der Waals surface area contributed by atoms with Crippen molar-refractivity contribution in [3.8, 4) is 0 Å². The number of carbonyl (C=O) groups is 7. The zero-order valence-electron chi connectivity index (χ0n) is 24.9. The van der Waals surface area contributed by atoms with Gasteiger partial charge in [0.15, 0.2) is 5.96 Å². The molecule has 0 rings (SSSR count). The first-order valence-electron chi connectivity index (χ1n) is 14.0. The minimum Gasteiger partial charge on any atom is -0.481 e. The summed E-state index contributed by atoms with van der Waals surface area (Å²) in [5.74, 6) is -6.74. The number of carboxylic acids is 2. The molecule has 5 amide bonds. The van der Waals surface area contributed by atoms with Crippen LogP contribution in [0.3, 0.4) is 0 Å². The number of hydrogen-bond donors (Lipinski definition) is 12. The second-order valence-corrected chi connectivity index (χ2v) is 10.0. The lowest BCUT2D eigenvalue weighted by molar-refractivity contribution is -0.142. The van der Waals surface area contributed by atoms with E-state index in [2.05, 4.69) is 31.9 Å². The molecule has 0 aliphatic carbocycles. The molecule has 0 aliphatic rings. The fourth-order valence-corrected chi connectivity index (χ4v) is 3.57. The van der Waals surface area contributed by atoms with E-state index >= 15 is 0 Å². The van der Waals surface area contributed by atoms with Crippen LogP contribution < -0.4 is 49.1 Å². The Balaban J connectivity index is 5.18. The van der Waals surface area contributed by atoms with Crippen molar-refractivity contribution in [2.45, 2.75) is 89.0 Å². The summed E-state index contributed by atoms with van der Waals surface area (Å²) in [7, 11) is 0. The lowest BCUT2D eigenvalue weighted by Gasteiger charge is -2.22. The van der Waals surface area contributed by atoms with E-state index < -0.39 is 84.6 Å². The van der Waals surface area contributed by atoms with Crippen molar-refractivity contribution < 1.29 is 43.8 Å². The van der Waals surface area contributed by atoms with Gasteiger partial charge in [-0.25, -0.2) is 0 Å². The van der Waals surface area contributed by atoms with Gasteiger partial charge in [-0.2, -0.15) is 0 Å². The summed E-state index contributed by atoms with van der Waals surface area (Å²) in [5, 5.41) is 39.4. The number of guanidine groups is 1. The zero-order valence-corrected chi connectivity index (χ0v) is 24.9. The molecule has 0 saturated carbocycles. The fraction of sp³-hybridized carbons (Fsp3) is 0.680. The van der Waals surface area contributed by atoms with Gasteiger partial charge < -0.3 is 59.3 Å². The average molecular weight is 631 g/mol. The maximum atomic E-state index is 12.8. The second kappa shape index (κ2) is 21.2. The number of nitrogens with two attached hydrogens (primary N) is 3. The van der Waals surface area contributed by atoms with E-state index in [1.165, 1.54) is 13.8 Å². The number of hydrogen-bond acceptors (Lipinski definition) is 10. The van der Waals surface area contributed by atoms with Crippen molar-refractivity contribution in [2.24, 2.45) is 17.2 Å². The van der Waals surface area contributed by atoms with Crippen LogP contribution in [0.1, 0.15) is 58.8 Å². The Kier molecular flexibility index (Phi) is 19.0. The minimum absolute atomic E-state index is 0.119. The molecule has 0 fully saturated rings. The maximum absolute atomic E-state index is 12.8. The van der Waals surface area contributed by atoms with Crippen molar-refractivity contribution >= 4 is 47.4 Å². The third-order valence-electron chi connectivity index (χ3n) is 6.13. The van der Waals surface area contributed by atoms with Crippen molar-refractivity contribution in [1.82, 2.24) is 31.9 Å². The monoisotopic (exact) mass is 630 g/mol. The highest BCUT2D eigenvalue weighted by Gasteiger charge is 2.28. The molecule has 0 aromatic heterocycles. The van der Waals surface area contributed by atoms with Gasteiger partial charge in [0.1, 0.15) is 24.2 Å². The predicted molar refractivity (Wildman–Crippen MR) is 157 cm³/mol. The Labute approximate surface area is 254 Å². The molecule has 19 nitrogen and oxygen atoms in total. The van der Waals surface area contributed by atoms with Crippen molar-refractivity contribution in [1.29, 1.82) is 5.41 Å². The van der Waals surface area contributed by atoms with E-state index in [4.69, 9.17) is 32.8 Å². The summed E-state index contributed by atoms with van der Waals surface area (Å²) >= 11 is 0. The van der Waals surface area contributed by atoms with E-state index in [0.29, 0.717) is 32.2 Å². The van der Waals surface area contributed by atoms with Crippen molar-refractivity contribution in [3.63, 3.8) is 0 Å². The number of nitrogens with one attached hydrogen (secondary N) is 7. The Bertz CT molecular complexity index is 1030. The molecule has 0 bridgehead atoms. The van der Waals surface area contributed by atoms with Gasteiger partial charge in [0, 0.05) is 13.0 Å². The van der Waals surface area contributed by atoms with Gasteiger partial charge in [-0.05, 0) is 52.5 Å². The summed E-state index contributed by atoms with van der Waals surface area (Å²) in [5.41, 5.74) is 16.6. The first-order chi connectivity index (χ1) is 20.6. The minimum atomic E-state index is -1.40. The van der Waals surface area contributed by atoms with Crippen LogP contribution >= 0.6 is 0 Å². The highest BCUT2D eigenvalue weighted by molar-refractivity contribution is 5.95. The number of rotatable bonds is 22. The highest BCUT2D eigenvalue weighted by atomic mass is 16.4. The summed E-state index contributed by atoms with van der Waals surface area (Å²) in [6, 6.07) is -5.91. The van der Waals surface area contributed by atoms with Crippen LogP contribution in [0.25, 0.3) is 0 Å². The van der Waals surface area contributed by atoms with Gasteiger partial charge in [0.2, 0.25) is 29.5 Å². The largest absolute Gasteiger partial charge is 0.481 e. The van der Waals surface area contributed by atoms with E-state index in [-0.39, 0.29) is 25.3 Å². The molecule has 0 saturated heterocycles. The third kappa shape index (κ3) is 17.4. The fourth-order valence-electron chi connectivity index (χ4n) is 3.57. The molecule has 5 atom stereocenters. The summed E-state index contributed by atoms with van der Waals surface area (Å²) in [6.45, 7) is 2.56. The van der Waals surface area contributed by atoms with Crippen LogP contribution in [0.5, 0.6) is 0 Å². The Morgan fingerprint density at radius 3 is 1.91 bits per heavy atom. The molecule has 0 aliphatic heterocycles. The second-order valence-electron chi connectivity index (χ2n) is 10.0. The average Bonchev–Trinajstić information content (AvgIpc) is 2.94. The van der Waals surface area contributed by atoms with Crippen LogP contribution in [0, 0.1) is 5.41 Å². The van der Waals surface area contributed by atoms with Gasteiger partial charge in [0.05, 0.1) is 12.6 Å².